The van der Waals surface area contributed by atoms with Crippen LogP contribution in [0.3, 0.4) is 0 Å². The number of hydrogen-bond donors (Lipinski definition) is 1. The summed E-state index contributed by atoms with van der Waals surface area (Å²) in [5, 5.41) is 15.2. The van der Waals surface area contributed by atoms with E-state index in [4.69, 9.17) is 4.42 Å². The average molecular weight is 512 g/mol. The van der Waals surface area contributed by atoms with Crippen LogP contribution in [0.15, 0.2) is 41.2 Å². The van der Waals surface area contributed by atoms with Crippen LogP contribution in [0.4, 0.5) is 23.8 Å². The first-order valence-electron chi connectivity index (χ1n) is 12.0. The summed E-state index contributed by atoms with van der Waals surface area (Å²) in [6, 6.07) is 4.07. The standard InChI is InChI=1S/C24H23F3N8O2/c1-3-19-31-32-21(37-19)23-9-13(2)7-15(10-23)35(23)22(36)30-18-8-16(17(12-28-18)24(25,26)27)20-29-11-14-5-4-6-34(14)33-20/h4-6,8,11-13,15H,3,7,9-10H2,1-2H3,(H,28,30,36). The zero-order valence-corrected chi connectivity index (χ0v) is 20.0. The second-order valence-electron chi connectivity index (χ2n) is 9.66. The summed E-state index contributed by atoms with van der Waals surface area (Å²) >= 11 is 0. The number of rotatable bonds is 4. The SMILES string of the molecule is CCc1nnc(C23CC(C)CC(C2)N3C(=O)Nc2cc(-c3ncc4cccn4n3)c(C(F)(F)F)cn2)o1. The lowest BCUT2D eigenvalue weighted by Gasteiger charge is -2.61. The van der Waals surface area contributed by atoms with Gasteiger partial charge in [0.05, 0.1) is 17.3 Å². The summed E-state index contributed by atoms with van der Waals surface area (Å²) in [5.41, 5.74) is -1.40. The Kier molecular flexibility index (Phi) is 5.21. The smallest absolute Gasteiger partial charge is 0.418 e. The molecule has 37 heavy (non-hydrogen) atoms. The van der Waals surface area contributed by atoms with E-state index >= 15 is 0 Å². The molecule has 2 aliphatic rings. The summed E-state index contributed by atoms with van der Waals surface area (Å²) in [4.78, 5) is 23.1. The molecule has 2 amide bonds. The van der Waals surface area contributed by atoms with Crippen molar-refractivity contribution < 1.29 is 22.4 Å². The van der Waals surface area contributed by atoms with Crippen molar-refractivity contribution >= 4 is 17.4 Å². The van der Waals surface area contributed by atoms with E-state index < -0.39 is 23.3 Å². The topological polar surface area (TPSA) is 114 Å². The number of halogens is 3. The van der Waals surface area contributed by atoms with Crippen LogP contribution in [-0.4, -0.2) is 46.8 Å². The Morgan fingerprint density at radius 1 is 1.24 bits per heavy atom. The molecule has 1 saturated carbocycles. The molecule has 0 spiro atoms. The van der Waals surface area contributed by atoms with Crippen LogP contribution in [0, 0.1) is 5.92 Å². The van der Waals surface area contributed by atoms with E-state index in [-0.39, 0.29) is 23.2 Å². The molecule has 4 aromatic rings. The van der Waals surface area contributed by atoms with E-state index in [2.05, 4.69) is 37.5 Å². The molecule has 2 bridgehead atoms. The summed E-state index contributed by atoms with van der Waals surface area (Å²) in [6.45, 7) is 4.01. The lowest BCUT2D eigenvalue weighted by atomic mass is 9.64. The Bertz CT molecular complexity index is 1500. The highest BCUT2D eigenvalue weighted by molar-refractivity contribution is 5.90. The quantitative estimate of drug-likeness (QED) is 0.422. The van der Waals surface area contributed by atoms with Crippen molar-refractivity contribution in [1.29, 1.82) is 0 Å². The fraction of sp³-hybridized carbons (Fsp3) is 0.417. The number of anilines is 1. The van der Waals surface area contributed by atoms with Gasteiger partial charge in [0.2, 0.25) is 11.8 Å². The molecular formula is C24H23F3N8O2. The maximum absolute atomic E-state index is 13.8. The van der Waals surface area contributed by atoms with Crippen LogP contribution >= 0.6 is 0 Å². The molecule has 4 aromatic heterocycles. The molecule has 1 saturated heterocycles. The van der Waals surface area contributed by atoms with Gasteiger partial charge in [0.15, 0.2) is 5.82 Å². The third-order valence-corrected chi connectivity index (χ3v) is 7.11. The Morgan fingerprint density at radius 3 is 2.84 bits per heavy atom. The molecule has 1 aliphatic carbocycles. The van der Waals surface area contributed by atoms with Gasteiger partial charge in [-0.25, -0.2) is 19.3 Å². The molecule has 13 heteroatoms. The highest BCUT2D eigenvalue weighted by Crippen LogP contribution is 2.55. The van der Waals surface area contributed by atoms with Crippen LogP contribution in [-0.2, 0) is 18.1 Å². The summed E-state index contributed by atoms with van der Waals surface area (Å²) in [5.74, 6) is 1.03. The minimum atomic E-state index is -4.69. The second kappa shape index (κ2) is 8.25. The lowest BCUT2D eigenvalue weighted by molar-refractivity contribution is -0.137. The molecule has 0 aromatic carbocycles. The monoisotopic (exact) mass is 512 g/mol. The molecule has 192 valence electrons. The number of urea groups is 1. The fourth-order valence-corrected chi connectivity index (χ4v) is 5.60. The molecule has 5 heterocycles. The second-order valence-corrected chi connectivity index (χ2v) is 9.66. The molecule has 10 nitrogen and oxygen atoms in total. The number of fused-ring (bicyclic) bond motifs is 3. The number of nitrogens with one attached hydrogen (secondary N) is 1. The molecule has 2 fully saturated rings. The van der Waals surface area contributed by atoms with Gasteiger partial charge in [0.25, 0.3) is 0 Å². The van der Waals surface area contributed by atoms with Crippen molar-refractivity contribution in [3.63, 3.8) is 0 Å². The van der Waals surface area contributed by atoms with Crippen LogP contribution in [0.1, 0.15) is 50.5 Å². The van der Waals surface area contributed by atoms with Crippen molar-refractivity contribution in [2.45, 2.75) is 57.3 Å². The predicted octanol–water partition coefficient (Wildman–Crippen LogP) is 4.69. The number of likely N-dealkylation sites (tertiary alicyclic amines) is 1. The third-order valence-electron chi connectivity index (χ3n) is 7.11. The van der Waals surface area contributed by atoms with Gasteiger partial charge >= 0.3 is 12.2 Å². The highest BCUT2D eigenvalue weighted by atomic mass is 19.4. The van der Waals surface area contributed by atoms with Crippen molar-refractivity contribution in [2.75, 3.05) is 5.32 Å². The minimum absolute atomic E-state index is 0.0443. The van der Waals surface area contributed by atoms with Crippen LogP contribution in [0.5, 0.6) is 0 Å². The van der Waals surface area contributed by atoms with E-state index in [0.29, 0.717) is 48.7 Å². The number of pyridine rings is 1. The Balaban J connectivity index is 1.34. The summed E-state index contributed by atoms with van der Waals surface area (Å²) < 4.78 is 48.7. The zero-order valence-electron chi connectivity index (χ0n) is 20.0. The normalized spacial score (nSPS) is 23.2. The van der Waals surface area contributed by atoms with E-state index in [1.165, 1.54) is 10.7 Å². The van der Waals surface area contributed by atoms with Gasteiger partial charge in [-0.2, -0.15) is 13.2 Å². The number of hydrogen-bond acceptors (Lipinski definition) is 7. The van der Waals surface area contributed by atoms with Gasteiger partial charge in [-0.3, -0.25) is 5.32 Å². The molecule has 1 N–H and O–H groups in total. The summed E-state index contributed by atoms with van der Waals surface area (Å²) in [6.07, 6.45) is 1.76. The number of alkyl halides is 3. The first-order valence-corrected chi connectivity index (χ1v) is 12.0. The molecular weight excluding hydrogens is 489 g/mol. The van der Waals surface area contributed by atoms with Crippen molar-refractivity contribution in [3.8, 4) is 11.4 Å². The number of amides is 2. The number of nitrogens with zero attached hydrogens (tertiary/aromatic N) is 7. The van der Waals surface area contributed by atoms with Gasteiger partial charge < -0.3 is 9.32 Å². The van der Waals surface area contributed by atoms with Crippen molar-refractivity contribution in [1.82, 2.24) is 34.7 Å². The van der Waals surface area contributed by atoms with Gasteiger partial charge in [-0.1, -0.05) is 13.8 Å². The van der Waals surface area contributed by atoms with E-state index in [1.54, 1.807) is 23.2 Å². The molecule has 0 radical (unpaired) electrons. The van der Waals surface area contributed by atoms with Gasteiger partial charge in [0.1, 0.15) is 11.4 Å². The van der Waals surface area contributed by atoms with E-state index in [1.807, 2.05) is 6.92 Å². The number of aryl methyl sites for hydroxylation is 1. The number of piperidine rings is 1. The minimum Gasteiger partial charge on any atom is -0.423 e. The first kappa shape index (κ1) is 23.4. The lowest BCUT2D eigenvalue weighted by Crippen LogP contribution is -2.70. The number of carbonyl (C=O) groups is 1. The van der Waals surface area contributed by atoms with Crippen LogP contribution in [0.25, 0.3) is 16.9 Å². The summed E-state index contributed by atoms with van der Waals surface area (Å²) in [7, 11) is 0. The Labute approximate surface area is 208 Å². The van der Waals surface area contributed by atoms with Crippen molar-refractivity contribution in [2.24, 2.45) is 5.92 Å². The zero-order chi connectivity index (χ0) is 25.9. The van der Waals surface area contributed by atoms with Crippen molar-refractivity contribution in [3.05, 3.63) is 54.1 Å². The van der Waals surface area contributed by atoms with Crippen LogP contribution < -0.4 is 5.32 Å². The van der Waals surface area contributed by atoms with E-state index in [0.717, 1.165) is 12.5 Å². The first-order chi connectivity index (χ1) is 17.7. The molecule has 3 atom stereocenters. The number of aromatic nitrogens is 6. The Hall–Kier alpha value is -4.03. The van der Waals surface area contributed by atoms with Gasteiger partial charge in [0, 0.05) is 36.8 Å². The van der Waals surface area contributed by atoms with Crippen LogP contribution in [0.2, 0.25) is 0 Å². The van der Waals surface area contributed by atoms with E-state index in [9.17, 15) is 18.0 Å². The maximum Gasteiger partial charge on any atom is 0.418 e. The van der Waals surface area contributed by atoms with Gasteiger partial charge in [-0.05, 0) is 37.0 Å². The number of carbonyl (C=O) groups excluding carboxylic acids is 1. The maximum atomic E-state index is 13.8. The highest BCUT2D eigenvalue weighted by Gasteiger charge is 2.62. The largest absolute Gasteiger partial charge is 0.423 e. The third kappa shape index (κ3) is 3.80. The Morgan fingerprint density at radius 2 is 2.08 bits per heavy atom. The predicted molar refractivity (Wildman–Crippen MR) is 124 cm³/mol. The van der Waals surface area contributed by atoms with Gasteiger partial charge in [-0.15, -0.1) is 15.3 Å². The molecule has 6 rings (SSSR count). The fourth-order valence-electron chi connectivity index (χ4n) is 5.60. The molecule has 3 unspecified atom stereocenters. The average Bonchev–Trinajstić information content (AvgIpc) is 3.52. The molecule has 1 aliphatic heterocycles.